The molecular formula is C17H17ClN4O5S. The Bertz CT molecular complexity index is 862. The normalized spacial score (nSPS) is 20.8. The highest BCUT2D eigenvalue weighted by Gasteiger charge is 2.57. The molecular weight excluding hydrogens is 408 g/mol. The molecule has 0 radical (unpaired) electrons. The fourth-order valence-electron chi connectivity index (χ4n) is 2.86. The van der Waals surface area contributed by atoms with Gasteiger partial charge in [0.2, 0.25) is 5.91 Å². The lowest BCUT2D eigenvalue weighted by molar-refractivity contribution is -0.161. The third kappa shape index (κ3) is 3.78. The number of carboxylic acid groups (broad SMARTS) is 1. The Morgan fingerprint density at radius 3 is 2.71 bits per heavy atom. The van der Waals surface area contributed by atoms with E-state index in [1.165, 1.54) is 18.7 Å². The van der Waals surface area contributed by atoms with Crippen LogP contribution in [-0.2, 0) is 14.4 Å². The zero-order chi connectivity index (χ0) is 20.4. The zero-order valence-corrected chi connectivity index (χ0v) is 16.3. The number of β-lactam (4-membered cyclic amide) rings is 1. The van der Waals surface area contributed by atoms with Crippen molar-refractivity contribution in [3.8, 4) is 5.75 Å². The molecule has 11 heteroatoms. The molecule has 1 unspecified atom stereocenters. The number of hydrogen-bond donors (Lipinski definition) is 3. The van der Waals surface area contributed by atoms with E-state index in [1.807, 2.05) is 6.07 Å². The Hall–Kier alpha value is -2.72. The van der Waals surface area contributed by atoms with Crippen LogP contribution in [-0.4, -0.2) is 62.4 Å². The van der Waals surface area contributed by atoms with Crippen molar-refractivity contribution < 1.29 is 24.2 Å². The molecule has 2 heterocycles. The van der Waals surface area contributed by atoms with Crippen LogP contribution in [0.4, 0.5) is 0 Å². The zero-order valence-electron chi connectivity index (χ0n) is 14.7. The van der Waals surface area contributed by atoms with E-state index in [1.54, 1.807) is 24.3 Å². The van der Waals surface area contributed by atoms with E-state index < -0.39 is 29.2 Å². The molecule has 1 aromatic rings. The molecule has 2 atom stereocenters. The van der Waals surface area contributed by atoms with E-state index in [2.05, 4.69) is 5.43 Å². The maximum atomic E-state index is 12.6. The predicted molar refractivity (Wildman–Crippen MR) is 103 cm³/mol. The predicted octanol–water partition coefficient (Wildman–Crippen LogP) is 1.21. The molecule has 1 fully saturated rings. The molecule has 9 nitrogen and oxygen atoms in total. The number of rotatable bonds is 5. The van der Waals surface area contributed by atoms with E-state index in [0.29, 0.717) is 5.75 Å². The van der Waals surface area contributed by atoms with Crippen LogP contribution >= 0.6 is 23.4 Å². The number of fused-ring (bicyclic) bond motifs is 1. The largest absolute Gasteiger partial charge is 0.486 e. The fourth-order valence-corrected chi connectivity index (χ4v) is 4.45. The molecule has 0 saturated carbocycles. The third-order valence-electron chi connectivity index (χ3n) is 4.10. The molecule has 0 bridgehead atoms. The molecule has 2 aliphatic rings. The number of nitrogens with zero attached hydrogens (tertiary/aromatic N) is 2. The van der Waals surface area contributed by atoms with Gasteiger partial charge in [-0.1, -0.05) is 29.8 Å². The number of nitrogens with one attached hydrogen (secondary N) is 2. The first-order valence-corrected chi connectivity index (χ1v) is 9.62. The van der Waals surface area contributed by atoms with Gasteiger partial charge in [-0.05, 0) is 12.1 Å². The van der Waals surface area contributed by atoms with Crippen molar-refractivity contribution in [3.63, 3.8) is 0 Å². The molecule has 148 valence electrons. The van der Waals surface area contributed by atoms with Crippen molar-refractivity contribution in [3.05, 3.63) is 41.1 Å². The van der Waals surface area contributed by atoms with Crippen LogP contribution in [0.25, 0.3) is 0 Å². The highest BCUT2D eigenvalue weighted by atomic mass is 35.5. The number of amidine groups is 1. The molecule has 28 heavy (non-hydrogen) atoms. The maximum absolute atomic E-state index is 12.6. The number of aliphatic carboxylic acids is 1. The van der Waals surface area contributed by atoms with Crippen LogP contribution in [0.2, 0.25) is 0 Å². The number of benzene rings is 1. The van der Waals surface area contributed by atoms with Gasteiger partial charge in [-0.15, -0.1) is 11.8 Å². The molecule has 2 amide bonds. The van der Waals surface area contributed by atoms with Crippen LogP contribution in [0, 0.1) is 5.41 Å². The summed E-state index contributed by atoms with van der Waals surface area (Å²) in [6.07, 6.45) is 0. The van der Waals surface area contributed by atoms with Gasteiger partial charge in [0.1, 0.15) is 23.4 Å². The van der Waals surface area contributed by atoms with E-state index in [0.717, 1.165) is 9.91 Å². The van der Waals surface area contributed by atoms with Gasteiger partial charge in [0, 0.05) is 12.7 Å². The molecule has 0 aliphatic carbocycles. The van der Waals surface area contributed by atoms with Crippen LogP contribution < -0.4 is 10.2 Å². The lowest BCUT2D eigenvalue weighted by Gasteiger charge is -2.51. The van der Waals surface area contributed by atoms with Crippen LogP contribution in [0.1, 0.15) is 6.92 Å². The Morgan fingerprint density at radius 1 is 1.43 bits per heavy atom. The molecule has 3 N–H and O–H groups in total. The number of carbonyl (C=O) groups excluding carboxylic acids is 2. The van der Waals surface area contributed by atoms with Crippen molar-refractivity contribution in [2.24, 2.45) is 0 Å². The van der Waals surface area contributed by atoms with E-state index >= 15 is 0 Å². The van der Waals surface area contributed by atoms with Gasteiger partial charge in [-0.2, -0.15) is 0 Å². The second kappa shape index (κ2) is 8.11. The number of hydrogen-bond acceptors (Lipinski definition) is 6. The van der Waals surface area contributed by atoms with E-state index in [4.69, 9.17) is 21.7 Å². The molecule has 1 aromatic carbocycles. The van der Waals surface area contributed by atoms with Crippen molar-refractivity contribution in [2.45, 2.75) is 18.3 Å². The first kappa shape index (κ1) is 20.0. The van der Waals surface area contributed by atoms with Gasteiger partial charge in [0.05, 0.1) is 5.03 Å². The fraction of sp³-hybridized carbons (Fsp3) is 0.294. The number of amides is 2. The number of thioether (sulfide) groups is 1. The first-order valence-electron chi connectivity index (χ1n) is 8.19. The molecule has 3 rings (SSSR count). The summed E-state index contributed by atoms with van der Waals surface area (Å²) in [6, 6.07) is 7.91. The Morgan fingerprint density at radius 2 is 2.11 bits per heavy atom. The molecule has 0 spiro atoms. The summed E-state index contributed by atoms with van der Waals surface area (Å²) in [5.41, 5.74) is 2.33. The second-order valence-electron chi connectivity index (χ2n) is 5.99. The average Bonchev–Trinajstić information content (AvgIpc) is 2.66. The summed E-state index contributed by atoms with van der Waals surface area (Å²) in [6.45, 7) is 1.12. The highest BCUT2D eigenvalue weighted by molar-refractivity contribution is 8.00. The van der Waals surface area contributed by atoms with Gasteiger partial charge < -0.3 is 9.84 Å². The van der Waals surface area contributed by atoms with Gasteiger partial charge in [-0.3, -0.25) is 25.3 Å². The van der Waals surface area contributed by atoms with Gasteiger partial charge >= 0.3 is 5.97 Å². The highest BCUT2D eigenvalue weighted by Crippen LogP contribution is 2.42. The Labute approximate surface area is 169 Å². The number of halogens is 1. The van der Waals surface area contributed by atoms with Crippen LogP contribution in [0.3, 0.4) is 0 Å². The quantitative estimate of drug-likeness (QED) is 0.281. The van der Waals surface area contributed by atoms with Crippen molar-refractivity contribution in [2.75, 3.05) is 12.4 Å². The smallest absolute Gasteiger partial charge is 0.353 e. The number of carbonyl (C=O) groups is 3. The lowest BCUT2D eigenvalue weighted by atomic mass is 10.0. The minimum Gasteiger partial charge on any atom is -0.486 e. The van der Waals surface area contributed by atoms with Crippen molar-refractivity contribution in [1.29, 1.82) is 5.41 Å². The van der Waals surface area contributed by atoms with Gasteiger partial charge in [0.15, 0.2) is 11.9 Å². The molecule has 2 aliphatic heterocycles. The number of carboxylic acids is 1. The monoisotopic (exact) mass is 424 g/mol. The number of ether oxygens (including phenoxy) is 1. The summed E-state index contributed by atoms with van der Waals surface area (Å²) in [5, 5.41) is 17.8. The second-order valence-corrected chi connectivity index (χ2v) is 7.56. The Balaban J connectivity index is 1.68. The standard InChI is InChI=1S/C17H17ClN4O5S/c1-9(23)22(20-12(19)7-27-10-5-3-2-4-6-10)14-15(24)21-13(17(25)26)11(18)8-28-16(14)21/h2-6,14,16H,7-8H2,1H3,(H2,19,20)(H,25,26)/t14?,16-/m1/s1. The summed E-state index contributed by atoms with van der Waals surface area (Å²) in [5.74, 6) is -1.71. The minimum absolute atomic E-state index is 0.0758. The topological polar surface area (TPSA) is 123 Å². The summed E-state index contributed by atoms with van der Waals surface area (Å²) >= 11 is 7.20. The van der Waals surface area contributed by atoms with Crippen molar-refractivity contribution in [1.82, 2.24) is 15.3 Å². The average molecular weight is 425 g/mol. The summed E-state index contributed by atoms with van der Waals surface area (Å²) in [7, 11) is 0. The van der Waals surface area contributed by atoms with Crippen LogP contribution in [0.5, 0.6) is 5.75 Å². The van der Waals surface area contributed by atoms with Gasteiger partial charge in [-0.25, -0.2) is 9.80 Å². The van der Waals surface area contributed by atoms with Gasteiger partial charge in [0.25, 0.3) is 5.91 Å². The maximum Gasteiger partial charge on any atom is 0.353 e. The van der Waals surface area contributed by atoms with E-state index in [-0.39, 0.29) is 28.9 Å². The van der Waals surface area contributed by atoms with E-state index in [9.17, 15) is 19.5 Å². The first-order chi connectivity index (χ1) is 13.3. The Kier molecular flexibility index (Phi) is 5.80. The molecule has 1 saturated heterocycles. The summed E-state index contributed by atoms with van der Waals surface area (Å²) in [4.78, 5) is 37.2. The summed E-state index contributed by atoms with van der Waals surface area (Å²) < 4.78 is 5.45. The number of para-hydroxylation sites is 1. The molecule has 0 aromatic heterocycles. The number of hydrazine groups is 1. The van der Waals surface area contributed by atoms with Crippen LogP contribution in [0.15, 0.2) is 41.1 Å². The third-order valence-corrected chi connectivity index (χ3v) is 5.83. The lowest BCUT2D eigenvalue weighted by Crippen LogP contribution is -2.73. The van der Waals surface area contributed by atoms with Crippen molar-refractivity contribution >= 4 is 47.0 Å². The minimum atomic E-state index is -1.30. The SMILES string of the molecule is CC(=O)N(NC(=N)COc1ccccc1)C1C(=O)N2C(C(=O)O)=C(Cl)CS[C@H]12.